The molecular formula is C32H43N9O2. The number of hydrogen-bond acceptors (Lipinski definition) is 10. The predicted octanol–water partition coefficient (Wildman–Crippen LogP) is 3.50. The van der Waals surface area contributed by atoms with E-state index in [1.807, 2.05) is 24.3 Å². The lowest BCUT2D eigenvalue weighted by Crippen LogP contribution is -2.52. The summed E-state index contributed by atoms with van der Waals surface area (Å²) in [7, 11) is 0. The summed E-state index contributed by atoms with van der Waals surface area (Å²) in [5.74, 6) is 0.142. The van der Waals surface area contributed by atoms with Crippen molar-refractivity contribution in [2.24, 2.45) is 5.73 Å². The first-order valence-electron chi connectivity index (χ1n) is 16.7. The van der Waals surface area contributed by atoms with Crippen molar-refractivity contribution in [1.82, 2.24) is 24.8 Å². The highest BCUT2D eigenvalue weighted by atomic mass is 16.5. The standard InChI is InChI=1S/C32H43N9O2/c1-22-21-24(6-7-27(22)41-13-8-25(9-14-41)40-17-15-39(2)16-18-40)36-32-29(30(33)42)37-28(26-5-3-4-12-34-26)31(38-32)35-23-10-19-43-20-11-23/h3-7,12,21,23,25H,8-11,13-20H2,1-2H3,(H2,33,42)(H2,35,36,38)/i2D3. The van der Waals surface area contributed by atoms with Crippen LogP contribution in [0, 0.1) is 6.92 Å². The van der Waals surface area contributed by atoms with Crippen molar-refractivity contribution in [3.05, 3.63) is 53.9 Å². The first kappa shape index (κ1) is 25.7. The summed E-state index contributed by atoms with van der Waals surface area (Å²) in [5, 5.41) is 6.83. The summed E-state index contributed by atoms with van der Waals surface area (Å²) in [5.41, 5.74) is 9.99. The Morgan fingerprint density at radius 3 is 2.47 bits per heavy atom. The number of hydrogen-bond donors (Lipinski definition) is 3. The van der Waals surface area contributed by atoms with Crippen molar-refractivity contribution < 1.29 is 13.6 Å². The van der Waals surface area contributed by atoms with Crippen LogP contribution in [0.15, 0.2) is 42.6 Å². The van der Waals surface area contributed by atoms with Crippen LogP contribution in [0.2, 0.25) is 0 Å². The average molecular weight is 589 g/mol. The van der Waals surface area contributed by atoms with Gasteiger partial charge < -0.3 is 30.9 Å². The quantitative estimate of drug-likeness (QED) is 0.360. The second kappa shape index (κ2) is 13.2. The average Bonchev–Trinajstić information content (AvgIpc) is 3.05. The molecule has 2 aromatic heterocycles. The second-order valence-corrected chi connectivity index (χ2v) is 11.6. The summed E-state index contributed by atoms with van der Waals surface area (Å²) in [6, 6.07) is 12.3. The second-order valence-electron chi connectivity index (χ2n) is 11.6. The van der Waals surface area contributed by atoms with Gasteiger partial charge in [-0.15, -0.1) is 0 Å². The van der Waals surface area contributed by atoms with Crippen LogP contribution >= 0.6 is 0 Å². The van der Waals surface area contributed by atoms with Gasteiger partial charge in [0.2, 0.25) is 0 Å². The highest BCUT2D eigenvalue weighted by Crippen LogP contribution is 2.32. The predicted molar refractivity (Wildman–Crippen MR) is 170 cm³/mol. The number of primary amides is 1. The smallest absolute Gasteiger partial charge is 0.271 e. The minimum atomic E-state index is -2.00. The Kier molecular flexibility index (Phi) is 7.90. The molecule has 3 fully saturated rings. The van der Waals surface area contributed by atoms with Gasteiger partial charge >= 0.3 is 0 Å². The van der Waals surface area contributed by atoms with E-state index in [1.165, 1.54) is 5.69 Å². The molecule has 0 atom stereocenters. The minimum absolute atomic E-state index is 0.0432. The van der Waals surface area contributed by atoms with Gasteiger partial charge in [0, 0.05) is 86.2 Å². The number of piperazine rings is 1. The van der Waals surface area contributed by atoms with Gasteiger partial charge in [0.05, 0.1) is 5.69 Å². The molecule has 0 radical (unpaired) electrons. The Balaban J connectivity index is 1.16. The number of nitrogens with two attached hydrogens (primary N) is 1. The van der Waals surface area contributed by atoms with E-state index in [9.17, 15) is 4.79 Å². The fourth-order valence-electron chi connectivity index (χ4n) is 6.30. The van der Waals surface area contributed by atoms with E-state index in [4.69, 9.17) is 19.6 Å². The van der Waals surface area contributed by atoms with Crippen molar-refractivity contribution in [3.63, 3.8) is 0 Å². The largest absolute Gasteiger partial charge is 0.381 e. The van der Waals surface area contributed by atoms with Gasteiger partial charge in [0.15, 0.2) is 17.3 Å². The summed E-state index contributed by atoms with van der Waals surface area (Å²) >= 11 is 0. The first-order chi connectivity index (χ1) is 22.2. The number of pyridine rings is 1. The fourth-order valence-corrected chi connectivity index (χ4v) is 6.30. The maximum absolute atomic E-state index is 12.6. The molecule has 0 aliphatic carbocycles. The van der Waals surface area contributed by atoms with E-state index in [0.29, 0.717) is 49.6 Å². The van der Waals surface area contributed by atoms with E-state index >= 15 is 0 Å². The molecule has 0 unspecified atom stereocenters. The molecule has 3 saturated heterocycles. The highest BCUT2D eigenvalue weighted by molar-refractivity contribution is 5.97. The van der Waals surface area contributed by atoms with Gasteiger partial charge in [-0.1, -0.05) is 6.07 Å². The monoisotopic (exact) mass is 588 g/mol. The summed E-state index contributed by atoms with van der Waals surface area (Å²) in [6.07, 6.45) is 5.43. The van der Waals surface area contributed by atoms with E-state index in [0.717, 1.165) is 63.1 Å². The fraction of sp³-hybridized carbons (Fsp3) is 0.500. The molecule has 3 aromatic rings. The summed E-state index contributed by atoms with van der Waals surface area (Å²) in [6.45, 7) is 6.07. The van der Waals surface area contributed by atoms with Gasteiger partial charge in [0.1, 0.15) is 5.69 Å². The maximum Gasteiger partial charge on any atom is 0.271 e. The Morgan fingerprint density at radius 2 is 1.79 bits per heavy atom. The Bertz CT molecular complexity index is 1500. The zero-order chi connectivity index (χ0) is 32.3. The molecule has 1 aromatic carbocycles. The van der Waals surface area contributed by atoms with Crippen LogP contribution in [0.1, 0.15) is 45.8 Å². The van der Waals surface area contributed by atoms with Crippen LogP contribution in [0.3, 0.4) is 0 Å². The number of anilines is 4. The molecule has 5 heterocycles. The normalized spacial score (nSPS) is 20.7. The van der Waals surface area contributed by atoms with E-state index < -0.39 is 12.9 Å². The maximum atomic E-state index is 12.6. The molecule has 0 saturated carbocycles. The molecule has 4 N–H and O–H groups in total. The molecule has 6 rings (SSSR count). The number of nitrogens with zero attached hydrogens (tertiary/aromatic N) is 6. The first-order valence-corrected chi connectivity index (χ1v) is 15.2. The minimum Gasteiger partial charge on any atom is -0.381 e. The van der Waals surface area contributed by atoms with Gasteiger partial charge in [-0.05, 0) is 75.5 Å². The Morgan fingerprint density at radius 1 is 1.00 bits per heavy atom. The van der Waals surface area contributed by atoms with Crippen LogP contribution in [-0.4, -0.2) is 102 Å². The van der Waals surface area contributed by atoms with Crippen LogP contribution in [0.25, 0.3) is 11.4 Å². The van der Waals surface area contributed by atoms with Crippen molar-refractivity contribution >= 4 is 28.9 Å². The number of nitrogens with one attached hydrogen (secondary N) is 2. The lowest BCUT2D eigenvalue weighted by atomic mass is 10.0. The van der Waals surface area contributed by atoms with Crippen LogP contribution in [0.4, 0.5) is 23.0 Å². The Labute approximate surface area is 258 Å². The number of carbonyl (C=O) groups excluding carboxylic acids is 1. The number of ether oxygens (including phenoxy) is 1. The Hall–Kier alpha value is -3.80. The molecule has 3 aliphatic rings. The summed E-state index contributed by atoms with van der Waals surface area (Å²) in [4.78, 5) is 33.1. The number of amides is 1. The van der Waals surface area contributed by atoms with Crippen molar-refractivity contribution in [2.45, 2.75) is 44.7 Å². The highest BCUT2D eigenvalue weighted by Gasteiger charge is 2.28. The molecule has 11 heteroatoms. The molecular weight excluding hydrogens is 542 g/mol. The zero-order valence-electron chi connectivity index (χ0n) is 27.8. The number of aromatic nitrogens is 3. The number of piperidine rings is 1. The third-order valence-electron chi connectivity index (χ3n) is 8.69. The SMILES string of the molecule is [2H]C([2H])([2H])N1CCN(C2CCN(c3ccc(Nc4nc(NC5CCOCC5)c(-c5ccccn5)nc4C(N)=O)cc3C)CC2)CC1. The van der Waals surface area contributed by atoms with Crippen LogP contribution in [-0.2, 0) is 4.74 Å². The molecule has 228 valence electrons. The van der Waals surface area contributed by atoms with E-state index in [1.54, 1.807) is 11.1 Å². The molecule has 11 nitrogen and oxygen atoms in total. The van der Waals surface area contributed by atoms with Gasteiger partial charge in [-0.2, -0.15) is 0 Å². The lowest BCUT2D eigenvalue weighted by Gasteiger charge is -2.43. The van der Waals surface area contributed by atoms with Gasteiger partial charge in [0.25, 0.3) is 5.91 Å². The number of benzene rings is 1. The molecule has 1 amide bonds. The molecule has 3 aliphatic heterocycles. The van der Waals surface area contributed by atoms with Crippen LogP contribution < -0.4 is 21.3 Å². The zero-order valence-corrected chi connectivity index (χ0v) is 24.8. The molecule has 0 spiro atoms. The molecule has 0 bridgehead atoms. The number of rotatable bonds is 8. The van der Waals surface area contributed by atoms with E-state index in [2.05, 4.69) is 49.5 Å². The van der Waals surface area contributed by atoms with Gasteiger partial charge in [-0.3, -0.25) is 14.7 Å². The number of carbonyl (C=O) groups is 1. The van der Waals surface area contributed by atoms with Crippen molar-refractivity contribution in [1.29, 1.82) is 0 Å². The van der Waals surface area contributed by atoms with Crippen molar-refractivity contribution in [3.8, 4) is 11.4 Å². The van der Waals surface area contributed by atoms with Crippen molar-refractivity contribution in [2.75, 3.05) is 75.0 Å². The topological polar surface area (TPSA) is 125 Å². The number of likely N-dealkylation sites (N-methyl/N-ethyl adjacent to an activating group) is 1. The van der Waals surface area contributed by atoms with E-state index in [-0.39, 0.29) is 17.6 Å². The molecule has 43 heavy (non-hydrogen) atoms. The third kappa shape index (κ3) is 6.90. The van der Waals surface area contributed by atoms with Gasteiger partial charge in [-0.25, -0.2) is 9.97 Å². The lowest BCUT2D eigenvalue weighted by molar-refractivity contribution is 0.0904. The third-order valence-corrected chi connectivity index (χ3v) is 8.69. The number of aryl methyl sites for hydroxylation is 1. The van der Waals surface area contributed by atoms with Crippen LogP contribution in [0.5, 0.6) is 0 Å². The summed E-state index contributed by atoms with van der Waals surface area (Å²) < 4.78 is 28.6.